The van der Waals surface area contributed by atoms with Gasteiger partial charge in [0.25, 0.3) is 0 Å². The first-order chi connectivity index (χ1) is 12.4. The lowest BCUT2D eigenvalue weighted by Crippen LogP contribution is -2.27. The van der Waals surface area contributed by atoms with Crippen LogP contribution in [-0.2, 0) is 0 Å². The molecule has 2 aromatic heterocycles. The molecular weight excluding hydrogens is 384 g/mol. The minimum absolute atomic E-state index is 0. The number of rotatable bonds is 4. The van der Waals surface area contributed by atoms with Gasteiger partial charge in [0.1, 0.15) is 0 Å². The van der Waals surface area contributed by atoms with Gasteiger partial charge in [-0.2, -0.15) is 10.2 Å². The van der Waals surface area contributed by atoms with Gasteiger partial charge in [-0.25, -0.2) is 10.0 Å². The van der Waals surface area contributed by atoms with Crippen molar-refractivity contribution in [2.75, 3.05) is 14.1 Å². The summed E-state index contributed by atoms with van der Waals surface area (Å²) in [6.45, 7) is 0. The molecule has 0 aliphatic heterocycles. The summed E-state index contributed by atoms with van der Waals surface area (Å²) in [6.07, 6.45) is 10.1. The van der Waals surface area contributed by atoms with Gasteiger partial charge in [0.05, 0.1) is 12.4 Å². The van der Waals surface area contributed by atoms with Crippen molar-refractivity contribution >= 4 is 47.1 Å². The van der Waals surface area contributed by atoms with Gasteiger partial charge in [0, 0.05) is 50.0 Å². The highest BCUT2D eigenvalue weighted by molar-refractivity contribution is 7.80. The number of hydrogen-bond donors (Lipinski definition) is 2. The van der Waals surface area contributed by atoms with Crippen molar-refractivity contribution in [3.8, 4) is 0 Å². The Morgan fingerprint density at radius 1 is 0.889 bits per heavy atom. The smallest absolute Gasteiger partial charge is 0.186 e. The Morgan fingerprint density at radius 3 is 1.52 bits per heavy atom. The Labute approximate surface area is 168 Å². The summed E-state index contributed by atoms with van der Waals surface area (Å²) in [5.74, 6) is 0. The summed E-state index contributed by atoms with van der Waals surface area (Å²) in [5.41, 5.74) is 12.5. The van der Waals surface area contributed by atoms with Gasteiger partial charge >= 0.3 is 0 Å². The third kappa shape index (κ3) is 10.5. The van der Waals surface area contributed by atoms with E-state index in [1.807, 2.05) is 24.3 Å². The fourth-order valence-corrected chi connectivity index (χ4v) is 1.42. The van der Waals surface area contributed by atoms with E-state index in [1.54, 1.807) is 51.3 Å². The van der Waals surface area contributed by atoms with Crippen LogP contribution in [0.25, 0.3) is 0 Å². The molecule has 0 amide bonds. The Bertz CT molecular complexity index is 690. The zero-order valence-corrected chi connectivity index (χ0v) is 16.6. The highest BCUT2D eigenvalue weighted by Gasteiger charge is 1.93. The molecule has 0 aliphatic rings. The normalized spacial score (nSPS) is 9.85. The van der Waals surface area contributed by atoms with Crippen LogP contribution in [0.3, 0.4) is 0 Å². The number of thiocarbonyl (C=S) groups is 2. The minimum atomic E-state index is 0. The van der Waals surface area contributed by atoms with Crippen molar-refractivity contribution in [3.63, 3.8) is 0 Å². The van der Waals surface area contributed by atoms with Gasteiger partial charge in [0.2, 0.25) is 0 Å². The van der Waals surface area contributed by atoms with Crippen LogP contribution in [0.1, 0.15) is 11.1 Å². The predicted molar refractivity (Wildman–Crippen MR) is 116 cm³/mol. The molecule has 0 aliphatic carbocycles. The van der Waals surface area contributed by atoms with E-state index >= 15 is 0 Å². The summed E-state index contributed by atoms with van der Waals surface area (Å²) >= 11 is 9.42. The van der Waals surface area contributed by atoms with Gasteiger partial charge in [-0.1, -0.05) is 12.1 Å². The number of nitrogens with zero attached hydrogens (tertiary/aromatic N) is 6. The topological polar surface area (TPSA) is 141 Å². The number of aromatic nitrogens is 2. The average molecular weight is 407 g/mol. The molecular formula is C16H22N8OS2. The molecule has 0 fully saturated rings. The summed E-state index contributed by atoms with van der Waals surface area (Å²) in [7, 11) is 3.38. The fraction of sp³-hybridized carbons (Fsp3) is 0.125. The van der Waals surface area contributed by atoms with Crippen LogP contribution in [-0.4, -0.2) is 62.2 Å². The lowest BCUT2D eigenvalue weighted by molar-refractivity contribution is 0.552. The summed E-state index contributed by atoms with van der Waals surface area (Å²) in [4.78, 5) is 7.87. The predicted octanol–water partition coefficient (Wildman–Crippen LogP) is 0.357. The molecule has 0 bridgehead atoms. The third-order valence-electron chi connectivity index (χ3n) is 2.77. The minimum Gasteiger partial charge on any atom is -0.412 e. The lowest BCUT2D eigenvalue weighted by Gasteiger charge is -2.08. The molecule has 0 saturated heterocycles. The maximum Gasteiger partial charge on any atom is 0.186 e. The van der Waals surface area contributed by atoms with E-state index in [0.717, 1.165) is 11.1 Å². The first-order valence-electron chi connectivity index (χ1n) is 7.34. The quantitative estimate of drug-likeness (QED) is 0.421. The van der Waals surface area contributed by atoms with Gasteiger partial charge in [0.15, 0.2) is 10.2 Å². The number of pyridine rings is 2. The largest absolute Gasteiger partial charge is 0.412 e. The SMILES string of the molecule is CN(/N=C/c1cccnc1)C(N)=S.CN(/N=C/c1cccnc1)C(N)=S.O. The first-order valence-corrected chi connectivity index (χ1v) is 8.16. The summed E-state index contributed by atoms with van der Waals surface area (Å²) < 4.78 is 0. The van der Waals surface area contributed by atoms with Crippen LogP contribution in [0, 0.1) is 0 Å². The monoisotopic (exact) mass is 406 g/mol. The number of hydrogen-bond acceptors (Lipinski definition) is 6. The summed E-state index contributed by atoms with van der Waals surface area (Å²) in [5, 5.41) is 11.3. The van der Waals surface area contributed by atoms with Crippen molar-refractivity contribution < 1.29 is 5.48 Å². The lowest BCUT2D eigenvalue weighted by atomic mass is 10.3. The first kappa shape index (κ1) is 24.0. The second-order valence-electron chi connectivity index (χ2n) is 4.79. The van der Waals surface area contributed by atoms with Crippen LogP contribution in [0.15, 0.2) is 59.3 Å². The van der Waals surface area contributed by atoms with E-state index in [4.69, 9.17) is 35.9 Å². The second kappa shape index (κ2) is 13.2. The third-order valence-corrected chi connectivity index (χ3v) is 3.30. The zero-order chi connectivity index (χ0) is 19.4. The van der Waals surface area contributed by atoms with Crippen LogP contribution in [0.4, 0.5) is 0 Å². The maximum absolute atomic E-state index is 5.33. The highest BCUT2D eigenvalue weighted by Crippen LogP contribution is 1.93. The zero-order valence-electron chi connectivity index (χ0n) is 14.9. The van der Waals surface area contributed by atoms with Gasteiger partial charge < -0.3 is 16.9 Å². The molecule has 0 saturated carbocycles. The van der Waals surface area contributed by atoms with Gasteiger partial charge in [-0.05, 0) is 36.6 Å². The molecule has 144 valence electrons. The standard InChI is InChI=1S/2C8H10N4S.H2O/c2*1-12(8(9)13)11-6-7-3-2-4-10-5-7;/h2*2-6H,1H3,(H2,9,13);1H2/b2*11-6+;. The van der Waals surface area contributed by atoms with Crippen molar-refractivity contribution in [1.82, 2.24) is 20.0 Å². The van der Waals surface area contributed by atoms with Crippen molar-refractivity contribution in [2.24, 2.45) is 21.7 Å². The van der Waals surface area contributed by atoms with Crippen LogP contribution < -0.4 is 11.5 Å². The number of hydrazone groups is 2. The van der Waals surface area contributed by atoms with Crippen LogP contribution in [0.2, 0.25) is 0 Å². The molecule has 2 heterocycles. The van der Waals surface area contributed by atoms with Gasteiger partial charge in [-0.15, -0.1) is 0 Å². The van der Waals surface area contributed by atoms with Crippen molar-refractivity contribution in [2.45, 2.75) is 0 Å². The molecule has 2 rings (SSSR count). The van der Waals surface area contributed by atoms with E-state index in [1.165, 1.54) is 10.0 Å². The molecule has 0 radical (unpaired) electrons. The van der Waals surface area contributed by atoms with E-state index in [2.05, 4.69) is 20.2 Å². The molecule has 2 aromatic rings. The van der Waals surface area contributed by atoms with Gasteiger partial charge in [-0.3, -0.25) is 9.97 Å². The molecule has 6 N–H and O–H groups in total. The number of nitrogens with two attached hydrogens (primary N) is 2. The molecule has 0 unspecified atom stereocenters. The Hall–Kier alpha value is -3.02. The molecule has 0 atom stereocenters. The molecule has 11 heteroatoms. The molecule has 0 spiro atoms. The fourth-order valence-electron chi connectivity index (χ4n) is 1.33. The van der Waals surface area contributed by atoms with E-state index in [9.17, 15) is 0 Å². The van der Waals surface area contributed by atoms with Crippen molar-refractivity contribution in [3.05, 3.63) is 60.2 Å². The van der Waals surface area contributed by atoms with E-state index in [0.29, 0.717) is 0 Å². The van der Waals surface area contributed by atoms with Crippen molar-refractivity contribution in [1.29, 1.82) is 0 Å². The van der Waals surface area contributed by atoms with E-state index < -0.39 is 0 Å². The molecule has 27 heavy (non-hydrogen) atoms. The van der Waals surface area contributed by atoms with Crippen LogP contribution in [0.5, 0.6) is 0 Å². The molecule has 9 nitrogen and oxygen atoms in total. The second-order valence-corrected chi connectivity index (χ2v) is 5.62. The van der Waals surface area contributed by atoms with Crippen LogP contribution >= 0.6 is 24.4 Å². The maximum atomic E-state index is 5.33. The van der Waals surface area contributed by atoms with E-state index in [-0.39, 0.29) is 15.7 Å². The Morgan fingerprint density at radius 2 is 1.26 bits per heavy atom. The summed E-state index contributed by atoms with van der Waals surface area (Å²) in [6, 6.07) is 7.46. The Kier molecular flexibility index (Phi) is 11.7. The molecule has 0 aromatic carbocycles. The Balaban J connectivity index is 0.000000483. The highest BCUT2D eigenvalue weighted by atomic mass is 32.1. The average Bonchev–Trinajstić information content (AvgIpc) is 2.66.